The number of sulfonamides is 1. The van der Waals surface area contributed by atoms with Gasteiger partial charge in [-0.3, -0.25) is 0 Å². The zero-order chi connectivity index (χ0) is 17.3. The van der Waals surface area contributed by atoms with Gasteiger partial charge >= 0.3 is 0 Å². The van der Waals surface area contributed by atoms with Crippen LogP contribution in [0.25, 0.3) is 0 Å². The van der Waals surface area contributed by atoms with Gasteiger partial charge in [0, 0.05) is 6.04 Å². The minimum Gasteiger partial charge on any atom is -0.362 e. The number of benzene rings is 1. The molecular weight excluding hydrogens is 310 g/mol. The summed E-state index contributed by atoms with van der Waals surface area (Å²) in [5.41, 5.74) is 0.997. The lowest BCUT2D eigenvalue weighted by atomic mass is 10.2. The van der Waals surface area contributed by atoms with Crippen molar-refractivity contribution in [1.29, 1.82) is 0 Å². The average Bonchev–Trinajstić information content (AvgIpc) is 2.52. The van der Waals surface area contributed by atoms with Gasteiger partial charge in [-0.05, 0) is 38.8 Å². The molecule has 0 spiro atoms. The fourth-order valence-corrected chi connectivity index (χ4v) is 2.87. The number of allylic oxidation sites excluding steroid dienone is 1. The van der Waals surface area contributed by atoms with Crippen LogP contribution in [0.15, 0.2) is 54.0 Å². The van der Waals surface area contributed by atoms with Crippen LogP contribution < -0.4 is 0 Å². The van der Waals surface area contributed by atoms with Crippen molar-refractivity contribution in [2.24, 2.45) is 0 Å². The molecule has 5 heteroatoms. The van der Waals surface area contributed by atoms with Crippen molar-refractivity contribution in [2.45, 2.75) is 31.8 Å². The van der Waals surface area contributed by atoms with E-state index in [-0.39, 0.29) is 17.5 Å². The smallest absolute Gasteiger partial charge is 0.271 e. The molecule has 0 heterocycles. The molecule has 1 rings (SSSR count). The maximum atomic E-state index is 12.6. The van der Waals surface area contributed by atoms with Crippen LogP contribution in [0.3, 0.4) is 0 Å². The highest BCUT2D eigenvalue weighted by Gasteiger charge is 2.20. The van der Waals surface area contributed by atoms with E-state index in [1.807, 2.05) is 26.0 Å². The summed E-state index contributed by atoms with van der Waals surface area (Å²) in [5.74, 6) is 2.81. The number of rotatable bonds is 7. The predicted octanol–water partition coefficient (Wildman–Crippen LogP) is 3.11. The Morgan fingerprint density at radius 1 is 1.35 bits per heavy atom. The van der Waals surface area contributed by atoms with Gasteiger partial charge in [-0.1, -0.05) is 35.9 Å². The van der Waals surface area contributed by atoms with Crippen molar-refractivity contribution < 1.29 is 13.2 Å². The van der Waals surface area contributed by atoms with Crippen LogP contribution in [0.4, 0.5) is 0 Å². The van der Waals surface area contributed by atoms with E-state index in [4.69, 9.17) is 4.74 Å². The quantitative estimate of drug-likeness (QED) is 0.437. The third-order valence-corrected chi connectivity index (χ3v) is 4.66. The zero-order valence-corrected chi connectivity index (χ0v) is 14.6. The highest BCUT2D eigenvalue weighted by atomic mass is 32.2. The summed E-state index contributed by atoms with van der Waals surface area (Å²) in [4.78, 5) is 0.210. The molecule has 1 aromatic carbocycles. The zero-order valence-electron chi connectivity index (χ0n) is 13.8. The molecule has 23 heavy (non-hydrogen) atoms. The lowest BCUT2D eigenvalue weighted by Crippen LogP contribution is -2.27. The van der Waals surface area contributed by atoms with Crippen molar-refractivity contribution in [3.63, 3.8) is 0 Å². The molecular formula is C18H23NO3S. The third-order valence-electron chi connectivity index (χ3n) is 2.97. The first-order valence-corrected chi connectivity index (χ1v) is 8.80. The minimum atomic E-state index is -3.68. The maximum Gasteiger partial charge on any atom is 0.271 e. The third kappa shape index (κ3) is 5.93. The van der Waals surface area contributed by atoms with Crippen LogP contribution in [-0.2, 0) is 14.8 Å². The highest BCUT2D eigenvalue weighted by molar-refractivity contribution is 7.89. The van der Waals surface area contributed by atoms with Gasteiger partial charge in [0.05, 0.1) is 18.0 Å². The van der Waals surface area contributed by atoms with Crippen LogP contribution in [0, 0.1) is 18.9 Å². The van der Waals surface area contributed by atoms with Crippen molar-refractivity contribution in [1.82, 2.24) is 4.31 Å². The second-order valence-electron chi connectivity index (χ2n) is 4.94. The Morgan fingerprint density at radius 3 is 2.57 bits per heavy atom. The number of ether oxygens (including phenoxy) is 1. The first-order chi connectivity index (χ1) is 10.9. The minimum absolute atomic E-state index is 0.116. The first-order valence-electron chi connectivity index (χ1n) is 7.36. The summed E-state index contributed by atoms with van der Waals surface area (Å²) in [5, 5.41) is 0. The average molecular weight is 333 g/mol. The molecule has 0 saturated heterocycles. The Hall–Kier alpha value is -2.03. The Labute approximate surface area is 139 Å². The fourth-order valence-electron chi connectivity index (χ4n) is 1.66. The molecule has 0 aliphatic carbocycles. The van der Waals surface area contributed by atoms with Crippen molar-refractivity contribution in [2.75, 3.05) is 13.2 Å². The highest BCUT2D eigenvalue weighted by Crippen LogP contribution is 2.15. The molecule has 1 unspecified atom stereocenters. The molecule has 1 aromatic rings. The second-order valence-corrected chi connectivity index (χ2v) is 6.80. The molecule has 0 radical (unpaired) electrons. The topological polar surface area (TPSA) is 46.6 Å². The van der Waals surface area contributed by atoms with Gasteiger partial charge in [-0.25, -0.2) is 12.7 Å². The second kappa shape index (κ2) is 9.19. The number of hydrogen-bond acceptors (Lipinski definition) is 3. The number of hydrogen-bond donors (Lipinski definition) is 0. The van der Waals surface area contributed by atoms with Crippen LogP contribution in [0.5, 0.6) is 0 Å². The first kappa shape index (κ1) is 19.0. The van der Waals surface area contributed by atoms with Gasteiger partial charge in [-0.15, -0.1) is 6.58 Å². The lowest BCUT2D eigenvalue weighted by Gasteiger charge is -2.16. The van der Waals surface area contributed by atoms with E-state index in [0.717, 1.165) is 9.87 Å². The van der Waals surface area contributed by atoms with Crippen LogP contribution in [-0.4, -0.2) is 32.0 Å². The Morgan fingerprint density at radius 2 is 2.00 bits per heavy atom. The van der Waals surface area contributed by atoms with Gasteiger partial charge in [0.1, 0.15) is 6.10 Å². The van der Waals surface area contributed by atoms with Crippen molar-refractivity contribution >= 4 is 10.0 Å². The summed E-state index contributed by atoms with van der Waals surface area (Å²) < 4.78 is 31.8. The van der Waals surface area contributed by atoms with E-state index < -0.39 is 10.0 Å². The SMILES string of the molecule is C=CCN(C#CC(C)OC/C=C/C)S(=O)(=O)c1ccc(C)cc1. The molecule has 0 aliphatic rings. The fraction of sp³-hybridized carbons (Fsp3) is 0.333. The van der Waals surface area contributed by atoms with E-state index in [9.17, 15) is 8.42 Å². The standard InChI is InChI=1S/C18H23NO3S/c1-5-7-15-22-17(4)12-14-19(13-6-2)23(20,21)18-10-8-16(3)9-11-18/h5-11,17H,2,13,15H2,1,3-4H3/b7-5+. The molecule has 0 bridgehead atoms. The molecule has 0 amide bonds. The van der Waals surface area contributed by atoms with E-state index in [1.165, 1.54) is 6.08 Å². The molecule has 4 nitrogen and oxygen atoms in total. The monoisotopic (exact) mass is 333 g/mol. The van der Waals surface area contributed by atoms with E-state index >= 15 is 0 Å². The molecule has 0 N–H and O–H groups in total. The van der Waals surface area contributed by atoms with E-state index in [0.29, 0.717) is 6.61 Å². The van der Waals surface area contributed by atoms with Gasteiger partial charge in [0.15, 0.2) is 0 Å². The van der Waals surface area contributed by atoms with Gasteiger partial charge in [0.25, 0.3) is 10.0 Å². The molecule has 0 saturated carbocycles. The maximum absolute atomic E-state index is 12.6. The van der Waals surface area contributed by atoms with Crippen LogP contribution in [0.1, 0.15) is 19.4 Å². The van der Waals surface area contributed by atoms with Crippen LogP contribution in [0.2, 0.25) is 0 Å². The normalized spacial score (nSPS) is 12.5. The van der Waals surface area contributed by atoms with Gasteiger partial charge < -0.3 is 4.74 Å². The van der Waals surface area contributed by atoms with E-state index in [2.05, 4.69) is 18.5 Å². The molecule has 124 valence electrons. The summed E-state index contributed by atoms with van der Waals surface area (Å²) in [6, 6.07) is 9.35. The summed E-state index contributed by atoms with van der Waals surface area (Å²) >= 11 is 0. The van der Waals surface area contributed by atoms with Gasteiger partial charge in [-0.2, -0.15) is 0 Å². The van der Waals surface area contributed by atoms with Crippen molar-refractivity contribution in [3.05, 3.63) is 54.6 Å². The lowest BCUT2D eigenvalue weighted by molar-refractivity contribution is 0.129. The summed E-state index contributed by atoms with van der Waals surface area (Å²) in [6.45, 7) is 9.74. The molecule has 0 fully saturated rings. The molecule has 0 aliphatic heterocycles. The predicted molar refractivity (Wildman–Crippen MR) is 93.3 cm³/mol. The van der Waals surface area contributed by atoms with E-state index in [1.54, 1.807) is 31.2 Å². The Balaban J connectivity index is 2.97. The summed E-state index contributed by atoms with van der Waals surface area (Å²) in [7, 11) is -3.68. The molecule has 1 atom stereocenters. The summed E-state index contributed by atoms with van der Waals surface area (Å²) in [6.07, 6.45) is 4.88. The van der Waals surface area contributed by atoms with Gasteiger partial charge in [0.2, 0.25) is 0 Å². The number of aryl methyl sites for hydroxylation is 1. The Kier molecular flexibility index (Phi) is 7.60. The number of nitrogens with zero attached hydrogens (tertiary/aromatic N) is 1. The Bertz CT molecular complexity index is 694. The largest absolute Gasteiger partial charge is 0.362 e. The van der Waals surface area contributed by atoms with Crippen molar-refractivity contribution in [3.8, 4) is 12.0 Å². The molecule has 0 aromatic heterocycles. The van der Waals surface area contributed by atoms with Crippen LogP contribution >= 0.6 is 0 Å².